The Hall–Kier alpha value is -2.99. The largest absolute Gasteiger partial charge is 0.497 e. The van der Waals surface area contributed by atoms with Crippen LogP contribution in [0.1, 0.15) is 5.56 Å². The van der Waals surface area contributed by atoms with E-state index >= 15 is 0 Å². The maximum atomic E-state index is 9.52. The standard InChI is InChI=1S/C18H14N2O/c1-21-15-9-7-14(8-10-15)18-16(11-19)17(12-20-18)13-5-3-2-4-6-13/h2-10,12,20H,1H3. The molecule has 2 aromatic carbocycles. The number of nitrogens with one attached hydrogen (secondary N) is 1. The van der Waals surface area contributed by atoms with Crippen molar-refractivity contribution in [3.05, 3.63) is 66.4 Å². The van der Waals surface area contributed by atoms with Gasteiger partial charge in [-0.1, -0.05) is 30.3 Å². The molecule has 0 atom stereocenters. The van der Waals surface area contributed by atoms with Gasteiger partial charge in [0.25, 0.3) is 0 Å². The van der Waals surface area contributed by atoms with Gasteiger partial charge in [-0.15, -0.1) is 0 Å². The van der Waals surface area contributed by atoms with Crippen LogP contribution in [0.25, 0.3) is 22.4 Å². The number of nitrogens with zero attached hydrogens (tertiary/aromatic N) is 1. The Balaban J connectivity index is 2.08. The predicted molar refractivity (Wildman–Crippen MR) is 82.9 cm³/mol. The van der Waals surface area contributed by atoms with Gasteiger partial charge in [0, 0.05) is 11.8 Å². The van der Waals surface area contributed by atoms with Crippen LogP contribution in [0, 0.1) is 11.3 Å². The molecular formula is C18H14N2O. The zero-order valence-corrected chi connectivity index (χ0v) is 11.6. The van der Waals surface area contributed by atoms with Gasteiger partial charge in [0.1, 0.15) is 11.8 Å². The highest BCUT2D eigenvalue weighted by Crippen LogP contribution is 2.32. The van der Waals surface area contributed by atoms with E-state index in [1.165, 1.54) is 0 Å². The van der Waals surface area contributed by atoms with Crippen LogP contribution in [-0.4, -0.2) is 12.1 Å². The van der Waals surface area contributed by atoms with Gasteiger partial charge in [-0.2, -0.15) is 5.26 Å². The molecule has 1 N–H and O–H groups in total. The Labute approximate surface area is 123 Å². The van der Waals surface area contributed by atoms with Crippen LogP contribution in [0.3, 0.4) is 0 Å². The molecule has 0 saturated carbocycles. The van der Waals surface area contributed by atoms with Gasteiger partial charge >= 0.3 is 0 Å². The lowest BCUT2D eigenvalue weighted by molar-refractivity contribution is 0.415. The lowest BCUT2D eigenvalue weighted by Gasteiger charge is -2.03. The molecule has 0 unspecified atom stereocenters. The number of ether oxygens (including phenoxy) is 1. The van der Waals surface area contributed by atoms with Crippen molar-refractivity contribution in [2.24, 2.45) is 0 Å². The van der Waals surface area contributed by atoms with Crippen molar-refractivity contribution in [2.75, 3.05) is 7.11 Å². The van der Waals surface area contributed by atoms with Gasteiger partial charge in [-0.3, -0.25) is 0 Å². The van der Waals surface area contributed by atoms with E-state index < -0.39 is 0 Å². The SMILES string of the molecule is COc1ccc(-c2[nH]cc(-c3ccccc3)c2C#N)cc1. The van der Waals surface area contributed by atoms with E-state index in [4.69, 9.17) is 4.74 Å². The molecule has 0 aliphatic rings. The summed E-state index contributed by atoms with van der Waals surface area (Å²) in [6.45, 7) is 0. The lowest BCUT2D eigenvalue weighted by atomic mass is 10.0. The summed E-state index contributed by atoms with van der Waals surface area (Å²) in [6, 6.07) is 19.9. The summed E-state index contributed by atoms with van der Waals surface area (Å²) in [7, 11) is 1.64. The second kappa shape index (κ2) is 5.56. The van der Waals surface area contributed by atoms with Crippen molar-refractivity contribution in [1.29, 1.82) is 5.26 Å². The van der Waals surface area contributed by atoms with Crippen LogP contribution in [0.15, 0.2) is 60.8 Å². The third-order valence-corrected chi connectivity index (χ3v) is 3.46. The van der Waals surface area contributed by atoms with Crippen molar-refractivity contribution in [1.82, 2.24) is 4.98 Å². The topological polar surface area (TPSA) is 48.8 Å². The van der Waals surface area contributed by atoms with E-state index in [0.29, 0.717) is 5.56 Å². The van der Waals surface area contributed by atoms with Crippen LogP contribution in [-0.2, 0) is 0 Å². The first kappa shape index (κ1) is 13.0. The van der Waals surface area contributed by atoms with Gasteiger partial charge in [0.05, 0.1) is 18.4 Å². The fourth-order valence-corrected chi connectivity index (χ4v) is 2.37. The number of benzene rings is 2. The number of nitriles is 1. The molecule has 0 spiro atoms. The smallest absolute Gasteiger partial charge is 0.118 e. The van der Waals surface area contributed by atoms with E-state index in [9.17, 15) is 5.26 Å². The Morgan fingerprint density at radius 3 is 2.29 bits per heavy atom. The second-order valence-electron chi connectivity index (χ2n) is 4.66. The van der Waals surface area contributed by atoms with Gasteiger partial charge in [-0.25, -0.2) is 0 Å². The highest BCUT2D eigenvalue weighted by Gasteiger charge is 2.13. The fourth-order valence-electron chi connectivity index (χ4n) is 2.37. The summed E-state index contributed by atoms with van der Waals surface area (Å²) in [5, 5.41) is 9.52. The molecule has 3 nitrogen and oxygen atoms in total. The molecular weight excluding hydrogens is 260 g/mol. The lowest BCUT2D eigenvalue weighted by Crippen LogP contribution is -1.85. The van der Waals surface area contributed by atoms with Crippen LogP contribution in [0.4, 0.5) is 0 Å². The van der Waals surface area contributed by atoms with Crippen molar-refractivity contribution >= 4 is 0 Å². The number of rotatable bonds is 3. The summed E-state index contributed by atoms with van der Waals surface area (Å²) in [4.78, 5) is 3.21. The minimum absolute atomic E-state index is 0.659. The van der Waals surface area contributed by atoms with E-state index in [0.717, 1.165) is 28.1 Å². The van der Waals surface area contributed by atoms with Gasteiger partial charge < -0.3 is 9.72 Å². The maximum absolute atomic E-state index is 9.52. The molecule has 1 heterocycles. The number of H-pyrrole nitrogens is 1. The molecule has 0 aliphatic carbocycles. The third kappa shape index (κ3) is 2.39. The van der Waals surface area contributed by atoms with Crippen molar-refractivity contribution < 1.29 is 4.74 Å². The Bertz CT molecular complexity index is 780. The summed E-state index contributed by atoms with van der Waals surface area (Å²) < 4.78 is 5.16. The van der Waals surface area contributed by atoms with Gasteiger partial charge in [0.15, 0.2) is 0 Å². The number of methoxy groups -OCH3 is 1. The minimum Gasteiger partial charge on any atom is -0.497 e. The maximum Gasteiger partial charge on any atom is 0.118 e. The molecule has 3 rings (SSSR count). The second-order valence-corrected chi connectivity index (χ2v) is 4.66. The monoisotopic (exact) mass is 274 g/mol. The zero-order valence-electron chi connectivity index (χ0n) is 11.6. The zero-order chi connectivity index (χ0) is 14.7. The van der Waals surface area contributed by atoms with E-state index in [-0.39, 0.29) is 0 Å². The number of hydrogen-bond donors (Lipinski definition) is 1. The van der Waals surface area contributed by atoms with Crippen LogP contribution in [0.5, 0.6) is 5.75 Å². The van der Waals surface area contributed by atoms with Crippen LogP contribution in [0.2, 0.25) is 0 Å². The van der Waals surface area contributed by atoms with Crippen molar-refractivity contribution in [3.8, 4) is 34.2 Å². The van der Waals surface area contributed by atoms with E-state index in [1.54, 1.807) is 7.11 Å². The van der Waals surface area contributed by atoms with Crippen LogP contribution >= 0.6 is 0 Å². The highest BCUT2D eigenvalue weighted by atomic mass is 16.5. The van der Waals surface area contributed by atoms with E-state index in [1.807, 2.05) is 60.8 Å². The quantitative estimate of drug-likeness (QED) is 0.777. The molecule has 0 aliphatic heterocycles. The Morgan fingerprint density at radius 2 is 1.67 bits per heavy atom. The third-order valence-electron chi connectivity index (χ3n) is 3.46. The summed E-state index contributed by atoms with van der Waals surface area (Å²) in [6.07, 6.45) is 1.88. The Kier molecular flexibility index (Phi) is 3.44. The number of aromatic nitrogens is 1. The molecule has 3 heteroatoms. The molecule has 3 aromatic rings. The predicted octanol–water partition coefficient (Wildman–Crippen LogP) is 4.23. The molecule has 0 bridgehead atoms. The first-order chi connectivity index (χ1) is 10.3. The average molecular weight is 274 g/mol. The van der Waals surface area contributed by atoms with Crippen molar-refractivity contribution in [2.45, 2.75) is 0 Å². The molecule has 0 saturated heterocycles. The molecule has 0 amide bonds. The highest BCUT2D eigenvalue weighted by molar-refractivity contribution is 5.80. The summed E-state index contributed by atoms with van der Waals surface area (Å²) in [5.74, 6) is 0.798. The molecule has 102 valence electrons. The number of aromatic amines is 1. The normalized spacial score (nSPS) is 10.1. The fraction of sp³-hybridized carbons (Fsp3) is 0.0556. The number of hydrogen-bond acceptors (Lipinski definition) is 2. The summed E-state index contributed by atoms with van der Waals surface area (Å²) in [5.41, 5.74) is 4.41. The molecule has 21 heavy (non-hydrogen) atoms. The molecule has 1 aromatic heterocycles. The molecule has 0 fully saturated rings. The minimum atomic E-state index is 0.659. The molecule has 0 radical (unpaired) electrons. The average Bonchev–Trinajstić information content (AvgIpc) is 2.99. The first-order valence-corrected chi connectivity index (χ1v) is 6.65. The summed E-state index contributed by atoms with van der Waals surface area (Å²) >= 11 is 0. The Morgan fingerprint density at radius 1 is 0.952 bits per heavy atom. The van der Waals surface area contributed by atoms with Crippen molar-refractivity contribution in [3.63, 3.8) is 0 Å². The first-order valence-electron chi connectivity index (χ1n) is 6.65. The van der Waals surface area contributed by atoms with Gasteiger partial charge in [0.2, 0.25) is 0 Å². The van der Waals surface area contributed by atoms with Gasteiger partial charge in [-0.05, 0) is 35.4 Å². The van der Waals surface area contributed by atoms with Crippen LogP contribution < -0.4 is 4.74 Å². The van der Waals surface area contributed by atoms with E-state index in [2.05, 4.69) is 11.1 Å².